The van der Waals surface area contributed by atoms with E-state index in [-0.39, 0.29) is 17.2 Å². The van der Waals surface area contributed by atoms with Gasteiger partial charge in [-0.1, -0.05) is 55.5 Å². The summed E-state index contributed by atoms with van der Waals surface area (Å²) in [6, 6.07) is 16.7. The number of aromatic nitrogens is 1. The standard InChI is InChI=1S/C19H18N2O2/c1-2-12-20-19(23)16-14-10-6-7-11-15(14)21-17(18(16)22)13-8-4-3-5-9-13/h3-11,22H,2,12H2,1H3,(H,20,23). The first kappa shape index (κ1) is 15.0. The van der Waals surface area contributed by atoms with E-state index in [9.17, 15) is 9.90 Å². The van der Waals surface area contributed by atoms with Crippen molar-refractivity contribution < 1.29 is 9.90 Å². The number of amides is 1. The quantitative estimate of drug-likeness (QED) is 0.771. The average Bonchev–Trinajstić information content (AvgIpc) is 2.60. The molecule has 0 bridgehead atoms. The summed E-state index contributed by atoms with van der Waals surface area (Å²) in [6.07, 6.45) is 0.834. The van der Waals surface area contributed by atoms with E-state index in [0.717, 1.165) is 12.0 Å². The molecule has 0 unspecified atom stereocenters. The van der Waals surface area contributed by atoms with Gasteiger partial charge in [-0.25, -0.2) is 4.98 Å². The summed E-state index contributed by atoms with van der Waals surface area (Å²) in [5.41, 5.74) is 2.17. The van der Waals surface area contributed by atoms with Crippen molar-refractivity contribution in [2.24, 2.45) is 0 Å². The van der Waals surface area contributed by atoms with Crippen LogP contribution in [0.5, 0.6) is 5.75 Å². The minimum atomic E-state index is -0.278. The molecule has 1 aromatic heterocycles. The molecule has 0 atom stereocenters. The average molecular weight is 306 g/mol. The van der Waals surface area contributed by atoms with Crippen molar-refractivity contribution in [3.8, 4) is 17.0 Å². The lowest BCUT2D eigenvalue weighted by Crippen LogP contribution is -2.24. The smallest absolute Gasteiger partial charge is 0.255 e. The Morgan fingerprint density at radius 1 is 1.09 bits per heavy atom. The van der Waals surface area contributed by atoms with Crippen LogP contribution in [0, 0.1) is 0 Å². The van der Waals surface area contributed by atoms with Gasteiger partial charge < -0.3 is 10.4 Å². The molecule has 0 aliphatic rings. The van der Waals surface area contributed by atoms with Crippen LogP contribution in [0.2, 0.25) is 0 Å². The third-order valence-corrected chi connectivity index (χ3v) is 3.68. The molecule has 4 heteroatoms. The molecule has 0 radical (unpaired) electrons. The van der Waals surface area contributed by atoms with Crippen molar-refractivity contribution in [3.63, 3.8) is 0 Å². The van der Waals surface area contributed by atoms with E-state index in [1.54, 1.807) is 6.07 Å². The molecule has 2 aromatic carbocycles. The molecule has 3 aromatic rings. The lowest BCUT2D eigenvalue weighted by atomic mass is 10.0. The molecule has 116 valence electrons. The fraction of sp³-hybridized carbons (Fsp3) is 0.158. The first-order chi connectivity index (χ1) is 11.2. The van der Waals surface area contributed by atoms with Gasteiger partial charge in [0.05, 0.1) is 11.1 Å². The second kappa shape index (κ2) is 6.48. The zero-order valence-electron chi connectivity index (χ0n) is 12.9. The summed E-state index contributed by atoms with van der Waals surface area (Å²) in [7, 11) is 0. The van der Waals surface area contributed by atoms with E-state index in [2.05, 4.69) is 10.3 Å². The highest BCUT2D eigenvalue weighted by Crippen LogP contribution is 2.35. The summed E-state index contributed by atoms with van der Waals surface area (Å²) in [4.78, 5) is 17.1. The Bertz CT molecular complexity index is 845. The van der Waals surface area contributed by atoms with Crippen molar-refractivity contribution in [2.75, 3.05) is 6.54 Å². The van der Waals surface area contributed by atoms with E-state index in [1.807, 2.05) is 55.5 Å². The second-order valence-corrected chi connectivity index (χ2v) is 5.32. The highest BCUT2D eigenvalue weighted by atomic mass is 16.3. The van der Waals surface area contributed by atoms with Gasteiger partial charge in [0.25, 0.3) is 5.91 Å². The third kappa shape index (κ3) is 2.88. The Labute approximate surface area is 134 Å². The maximum Gasteiger partial charge on any atom is 0.255 e. The fourth-order valence-corrected chi connectivity index (χ4v) is 2.56. The Hall–Kier alpha value is -2.88. The van der Waals surface area contributed by atoms with Gasteiger partial charge in [0.2, 0.25) is 0 Å². The zero-order chi connectivity index (χ0) is 16.2. The number of nitrogens with one attached hydrogen (secondary N) is 1. The number of fused-ring (bicyclic) bond motifs is 1. The summed E-state index contributed by atoms with van der Waals surface area (Å²) >= 11 is 0. The van der Waals surface area contributed by atoms with Crippen molar-refractivity contribution in [3.05, 3.63) is 60.2 Å². The van der Waals surface area contributed by atoms with Crippen LogP contribution < -0.4 is 5.32 Å². The summed E-state index contributed by atoms with van der Waals surface area (Å²) < 4.78 is 0. The van der Waals surface area contributed by atoms with Crippen LogP contribution in [-0.4, -0.2) is 22.5 Å². The van der Waals surface area contributed by atoms with Gasteiger partial charge in [0.15, 0.2) is 5.75 Å². The number of nitrogens with zero attached hydrogens (tertiary/aromatic N) is 1. The first-order valence-corrected chi connectivity index (χ1v) is 7.67. The highest BCUT2D eigenvalue weighted by Gasteiger charge is 2.20. The molecule has 23 heavy (non-hydrogen) atoms. The van der Waals surface area contributed by atoms with E-state index in [1.165, 1.54) is 0 Å². The molecule has 0 spiro atoms. The van der Waals surface area contributed by atoms with Crippen LogP contribution >= 0.6 is 0 Å². The number of pyridine rings is 1. The first-order valence-electron chi connectivity index (χ1n) is 7.67. The number of hydrogen-bond donors (Lipinski definition) is 2. The van der Waals surface area contributed by atoms with Gasteiger partial charge >= 0.3 is 0 Å². The van der Waals surface area contributed by atoms with Crippen LogP contribution in [-0.2, 0) is 0 Å². The number of rotatable bonds is 4. The van der Waals surface area contributed by atoms with Crippen LogP contribution in [0.4, 0.5) is 0 Å². The van der Waals surface area contributed by atoms with Gasteiger partial charge in [-0.2, -0.15) is 0 Å². The number of para-hydroxylation sites is 1. The number of hydrogen-bond acceptors (Lipinski definition) is 3. The minimum absolute atomic E-state index is 0.0801. The van der Waals surface area contributed by atoms with E-state index in [0.29, 0.717) is 23.1 Å². The Balaban J connectivity index is 2.24. The Morgan fingerprint density at radius 3 is 2.52 bits per heavy atom. The maximum atomic E-state index is 12.5. The summed E-state index contributed by atoms with van der Waals surface area (Å²) in [5.74, 6) is -0.358. The summed E-state index contributed by atoms with van der Waals surface area (Å²) in [6.45, 7) is 2.55. The molecule has 1 heterocycles. The topological polar surface area (TPSA) is 62.2 Å². The monoisotopic (exact) mass is 306 g/mol. The molecule has 2 N–H and O–H groups in total. The predicted molar refractivity (Wildman–Crippen MR) is 91.5 cm³/mol. The lowest BCUT2D eigenvalue weighted by Gasteiger charge is -2.13. The third-order valence-electron chi connectivity index (χ3n) is 3.68. The van der Waals surface area contributed by atoms with Crippen molar-refractivity contribution in [1.82, 2.24) is 10.3 Å². The van der Waals surface area contributed by atoms with Gasteiger partial charge in [0, 0.05) is 17.5 Å². The van der Waals surface area contributed by atoms with Crippen LogP contribution in [0.15, 0.2) is 54.6 Å². The predicted octanol–water partition coefficient (Wildman–Crippen LogP) is 3.75. The zero-order valence-corrected chi connectivity index (χ0v) is 12.9. The molecule has 0 saturated heterocycles. The van der Waals surface area contributed by atoms with E-state index < -0.39 is 0 Å². The summed E-state index contributed by atoms with van der Waals surface area (Å²) in [5, 5.41) is 14.2. The van der Waals surface area contributed by atoms with Crippen LogP contribution in [0.3, 0.4) is 0 Å². The van der Waals surface area contributed by atoms with E-state index in [4.69, 9.17) is 0 Å². The molecule has 3 rings (SSSR count). The second-order valence-electron chi connectivity index (χ2n) is 5.32. The number of carbonyl (C=O) groups excluding carboxylic acids is 1. The van der Waals surface area contributed by atoms with Crippen molar-refractivity contribution >= 4 is 16.8 Å². The van der Waals surface area contributed by atoms with Gasteiger partial charge in [-0.3, -0.25) is 4.79 Å². The molecule has 0 fully saturated rings. The van der Waals surface area contributed by atoms with Crippen LogP contribution in [0.25, 0.3) is 22.2 Å². The number of carbonyl (C=O) groups is 1. The number of aromatic hydroxyl groups is 1. The minimum Gasteiger partial charge on any atom is -0.505 e. The maximum absolute atomic E-state index is 12.5. The van der Waals surface area contributed by atoms with Gasteiger partial charge in [0.1, 0.15) is 5.69 Å². The van der Waals surface area contributed by atoms with Crippen molar-refractivity contribution in [1.29, 1.82) is 0 Å². The molecular weight excluding hydrogens is 288 g/mol. The van der Waals surface area contributed by atoms with Crippen molar-refractivity contribution in [2.45, 2.75) is 13.3 Å². The molecule has 0 aliphatic carbocycles. The number of benzene rings is 2. The normalized spacial score (nSPS) is 10.7. The van der Waals surface area contributed by atoms with Gasteiger partial charge in [-0.05, 0) is 12.5 Å². The molecule has 0 saturated carbocycles. The lowest BCUT2D eigenvalue weighted by molar-refractivity contribution is 0.0952. The fourth-order valence-electron chi connectivity index (χ4n) is 2.56. The molecular formula is C19H18N2O2. The molecule has 4 nitrogen and oxygen atoms in total. The van der Waals surface area contributed by atoms with E-state index >= 15 is 0 Å². The highest BCUT2D eigenvalue weighted by molar-refractivity contribution is 6.10. The largest absolute Gasteiger partial charge is 0.505 e. The molecule has 1 amide bonds. The van der Waals surface area contributed by atoms with Gasteiger partial charge in [-0.15, -0.1) is 0 Å². The molecule has 0 aliphatic heterocycles. The van der Waals surface area contributed by atoms with Crippen LogP contribution in [0.1, 0.15) is 23.7 Å². The Morgan fingerprint density at radius 2 is 1.78 bits per heavy atom. The SMILES string of the molecule is CCCNC(=O)c1c(O)c(-c2ccccc2)nc2ccccc12. The Kier molecular flexibility index (Phi) is 4.24.